The Morgan fingerprint density at radius 1 is 1.40 bits per heavy atom. The molecule has 2 atom stereocenters. The molecule has 1 aromatic heterocycles. The molecule has 1 aromatic rings. The van der Waals surface area contributed by atoms with Crippen molar-refractivity contribution < 1.29 is 33.8 Å². The fourth-order valence-electron chi connectivity index (χ4n) is 1.95. The van der Waals surface area contributed by atoms with Gasteiger partial charge in [0.1, 0.15) is 11.8 Å². The number of carboxylic acid groups (broad SMARTS) is 1. The topological polar surface area (TPSA) is 151 Å². The molecule has 0 radical (unpaired) electrons. The Hall–Kier alpha value is -3.10. The molecule has 0 saturated carbocycles. The monoisotopic (exact) mass is 350 g/mol. The van der Waals surface area contributed by atoms with Gasteiger partial charge >= 0.3 is 12.2 Å². The molecule has 2 N–H and O–H groups in total. The van der Waals surface area contributed by atoms with Crippen molar-refractivity contribution in [1.82, 2.24) is 10.3 Å². The van der Waals surface area contributed by atoms with Gasteiger partial charge < -0.3 is 25.4 Å². The van der Waals surface area contributed by atoms with Crippen LogP contribution in [0.25, 0.3) is 5.53 Å². The number of amides is 1. The Balaban J connectivity index is 2.80. The summed E-state index contributed by atoms with van der Waals surface area (Å²) in [6.07, 6.45) is 0.566. The molecule has 0 aliphatic carbocycles. The fraction of sp³-hybridized carbons (Fsp3) is 0.400. The largest absolute Gasteiger partial charge is 0.495 e. The number of aromatic nitrogens is 1. The van der Waals surface area contributed by atoms with E-state index >= 15 is 0 Å². The molecule has 1 amide bonds. The quantitative estimate of drug-likeness (QED) is 0.342. The van der Waals surface area contributed by atoms with Gasteiger partial charge in [0.25, 0.3) is 5.91 Å². The maximum atomic E-state index is 12.3. The highest BCUT2D eigenvalue weighted by Gasteiger charge is 2.27. The molecule has 1 rings (SSSR count). The van der Waals surface area contributed by atoms with Gasteiger partial charge in [-0.25, -0.2) is 4.79 Å². The van der Waals surface area contributed by atoms with Crippen molar-refractivity contribution in [1.29, 1.82) is 0 Å². The average Bonchev–Trinajstić information content (AvgIpc) is 2.59. The van der Waals surface area contributed by atoms with E-state index in [2.05, 4.69) is 15.1 Å². The SMILES string of the molecule is COc1ccc([C@H](OC)C(=O)N[C@@H](CCC(=O)C=[N+]=[N-])C(=O)O)nc1. The second kappa shape index (κ2) is 9.91. The smallest absolute Gasteiger partial charge is 0.326 e. The standard InChI is InChI=1S/C15H18N4O6/c1-24-10-4-6-11(17-8-10)13(25-2)14(21)19-12(15(22)23)5-3-9(20)7-18-16/h4,6-8,12-13H,3,5H2,1-2H3,(H,19,21)(H,22,23)/t12-,13-/m0/s1. The zero-order chi connectivity index (χ0) is 18.8. The minimum atomic E-state index is -1.31. The highest BCUT2D eigenvalue weighted by Crippen LogP contribution is 2.18. The third kappa shape index (κ3) is 6.13. The van der Waals surface area contributed by atoms with Crippen LogP contribution in [0.2, 0.25) is 0 Å². The Morgan fingerprint density at radius 3 is 2.60 bits per heavy atom. The summed E-state index contributed by atoms with van der Waals surface area (Å²) in [6.45, 7) is 0. The van der Waals surface area contributed by atoms with Crippen LogP contribution in [0.3, 0.4) is 0 Å². The number of aliphatic carboxylic acids is 1. The van der Waals surface area contributed by atoms with E-state index in [-0.39, 0.29) is 18.5 Å². The number of methoxy groups -OCH3 is 2. The number of ether oxygens (including phenoxy) is 2. The van der Waals surface area contributed by atoms with Gasteiger partial charge in [-0.2, -0.15) is 4.79 Å². The predicted molar refractivity (Wildman–Crippen MR) is 84.0 cm³/mol. The van der Waals surface area contributed by atoms with Crippen LogP contribution in [0.15, 0.2) is 18.3 Å². The number of nitrogens with one attached hydrogen (secondary N) is 1. The van der Waals surface area contributed by atoms with Crippen LogP contribution in [0.1, 0.15) is 24.6 Å². The number of carbonyl (C=O) groups is 3. The third-order valence-electron chi connectivity index (χ3n) is 3.23. The summed E-state index contributed by atoms with van der Waals surface area (Å²) < 4.78 is 10.1. The van der Waals surface area contributed by atoms with Gasteiger partial charge in [0.2, 0.25) is 5.78 Å². The van der Waals surface area contributed by atoms with Crippen LogP contribution in [0.5, 0.6) is 5.75 Å². The number of carboxylic acids is 1. The maximum absolute atomic E-state index is 12.3. The summed E-state index contributed by atoms with van der Waals surface area (Å²) in [5.74, 6) is -2.09. The summed E-state index contributed by atoms with van der Waals surface area (Å²) in [5.41, 5.74) is 8.53. The van der Waals surface area contributed by atoms with Crippen molar-refractivity contribution in [3.05, 3.63) is 29.6 Å². The van der Waals surface area contributed by atoms with E-state index in [9.17, 15) is 19.5 Å². The molecule has 1 heterocycles. The number of Topliss-reactive ketones (excluding diaryl/α,β-unsaturated/α-hetero) is 1. The van der Waals surface area contributed by atoms with Crippen LogP contribution in [0.4, 0.5) is 0 Å². The van der Waals surface area contributed by atoms with Gasteiger partial charge in [0.15, 0.2) is 6.10 Å². The van der Waals surface area contributed by atoms with Gasteiger partial charge in [0, 0.05) is 13.5 Å². The van der Waals surface area contributed by atoms with Gasteiger partial charge in [-0.1, -0.05) is 0 Å². The molecule has 10 nitrogen and oxygen atoms in total. The van der Waals surface area contributed by atoms with Crippen molar-refractivity contribution in [2.24, 2.45) is 0 Å². The summed E-state index contributed by atoms with van der Waals surface area (Å²) >= 11 is 0. The Labute approximate surface area is 143 Å². The Kier molecular flexibility index (Phi) is 7.91. The van der Waals surface area contributed by atoms with Crippen LogP contribution in [-0.2, 0) is 19.1 Å². The number of rotatable bonds is 10. The first kappa shape index (κ1) is 19.9. The number of carbonyl (C=O) groups excluding carboxylic acids is 2. The van der Waals surface area contributed by atoms with Crippen LogP contribution >= 0.6 is 0 Å². The summed E-state index contributed by atoms with van der Waals surface area (Å²) in [6, 6.07) is 1.80. The van der Waals surface area contributed by atoms with Crippen LogP contribution in [-0.4, -0.2) is 59.0 Å². The van der Waals surface area contributed by atoms with Crippen LogP contribution in [0, 0.1) is 0 Å². The lowest BCUT2D eigenvalue weighted by molar-refractivity contribution is -0.144. The van der Waals surface area contributed by atoms with E-state index in [4.69, 9.17) is 15.0 Å². The molecular formula is C15H18N4O6. The minimum Gasteiger partial charge on any atom is -0.495 e. The van der Waals surface area contributed by atoms with Gasteiger partial charge in [0.05, 0.1) is 19.0 Å². The zero-order valence-corrected chi connectivity index (χ0v) is 13.7. The second-order valence-electron chi connectivity index (χ2n) is 4.89. The molecule has 10 heteroatoms. The number of pyridine rings is 1. The molecule has 0 fully saturated rings. The Bertz CT molecular complexity index is 669. The minimum absolute atomic E-state index is 0.168. The number of nitrogens with zero attached hydrogens (tertiary/aromatic N) is 3. The van der Waals surface area contributed by atoms with Crippen LogP contribution < -0.4 is 10.1 Å². The fourth-order valence-corrected chi connectivity index (χ4v) is 1.95. The van der Waals surface area contributed by atoms with Crippen molar-refractivity contribution in [3.63, 3.8) is 0 Å². The van der Waals surface area contributed by atoms with Crippen molar-refractivity contribution in [2.75, 3.05) is 14.2 Å². The molecule has 0 bridgehead atoms. The number of hydrogen-bond donors (Lipinski definition) is 2. The van der Waals surface area contributed by atoms with Crippen molar-refractivity contribution >= 4 is 23.9 Å². The number of ketones is 1. The van der Waals surface area contributed by atoms with Crippen molar-refractivity contribution in [2.45, 2.75) is 25.0 Å². The Morgan fingerprint density at radius 2 is 2.12 bits per heavy atom. The maximum Gasteiger partial charge on any atom is 0.326 e. The normalized spacial score (nSPS) is 12.4. The lowest BCUT2D eigenvalue weighted by atomic mass is 10.1. The third-order valence-corrected chi connectivity index (χ3v) is 3.23. The number of hydrogen-bond acceptors (Lipinski definition) is 6. The van der Waals surface area contributed by atoms with Crippen molar-refractivity contribution in [3.8, 4) is 5.75 Å². The first-order valence-electron chi connectivity index (χ1n) is 7.19. The average molecular weight is 350 g/mol. The molecule has 0 aliphatic heterocycles. The predicted octanol–water partition coefficient (Wildman–Crippen LogP) is -0.00300. The molecule has 0 aliphatic rings. The van der Waals surface area contributed by atoms with Gasteiger partial charge in [-0.05, 0) is 18.6 Å². The molecule has 0 saturated heterocycles. The first-order chi connectivity index (χ1) is 11.9. The first-order valence-corrected chi connectivity index (χ1v) is 7.19. The van der Waals surface area contributed by atoms with E-state index in [1.807, 2.05) is 0 Å². The van der Waals surface area contributed by atoms with E-state index in [1.54, 1.807) is 6.07 Å². The van der Waals surface area contributed by atoms with E-state index in [0.29, 0.717) is 12.0 Å². The molecule has 0 spiro atoms. The van der Waals surface area contributed by atoms with Gasteiger partial charge in [-0.15, -0.1) is 0 Å². The summed E-state index contributed by atoms with van der Waals surface area (Å²) in [5, 5.41) is 11.5. The van der Waals surface area contributed by atoms with E-state index < -0.39 is 29.8 Å². The molecule has 25 heavy (non-hydrogen) atoms. The summed E-state index contributed by atoms with van der Waals surface area (Å²) in [7, 11) is 2.75. The summed E-state index contributed by atoms with van der Waals surface area (Å²) in [4.78, 5) is 41.4. The second-order valence-corrected chi connectivity index (χ2v) is 4.89. The molecule has 0 unspecified atom stereocenters. The molecule has 0 aromatic carbocycles. The van der Waals surface area contributed by atoms with E-state index in [0.717, 1.165) is 0 Å². The zero-order valence-electron chi connectivity index (χ0n) is 13.7. The highest BCUT2D eigenvalue weighted by atomic mass is 16.5. The lowest BCUT2D eigenvalue weighted by Gasteiger charge is -2.19. The molecule has 134 valence electrons. The van der Waals surface area contributed by atoms with E-state index in [1.165, 1.54) is 26.5 Å². The lowest BCUT2D eigenvalue weighted by Crippen LogP contribution is -2.43. The molecular weight excluding hydrogens is 332 g/mol. The van der Waals surface area contributed by atoms with Gasteiger partial charge in [-0.3, -0.25) is 14.6 Å². The highest BCUT2D eigenvalue weighted by molar-refractivity contribution is 6.25.